The van der Waals surface area contributed by atoms with Gasteiger partial charge in [-0.15, -0.1) is 0 Å². The van der Waals surface area contributed by atoms with Crippen LogP contribution in [0.5, 0.6) is 0 Å². The van der Waals surface area contributed by atoms with Crippen molar-refractivity contribution in [3.05, 3.63) is 0 Å². The second kappa shape index (κ2) is 7.77. The summed E-state index contributed by atoms with van der Waals surface area (Å²) in [5.41, 5.74) is -1.20. The van der Waals surface area contributed by atoms with E-state index in [0.717, 1.165) is 19.3 Å². The zero-order chi connectivity index (χ0) is 22.5. The van der Waals surface area contributed by atoms with Crippen LogP contribution in [0.25, 0.3) is 0 Å². The lowest BCUT2D eigenvalue weighted by Crippen LogP contribution is -2.69. The summed E-state index contributed by atoms with van der Waals surface area (Å²) in [6, 6.07) is 0. The first-order valence-corrected chi connectivity index (χ1v) is 11.4. The molecule has 2 aliphatic carbocycles. The highest BCUT2D eigenvalue weighted by Gasteiger charge is 2.65. The second-order valence-corrected chi connectivity index (χ2v) is 11.3. The third kappa shape index (κ3) is 4.02. The lowest BCUT2D eigenvalue weighted by molar-refractivity contribution is -0.315. The van der Waals surface area contributed by atoms with Crippen molar-refractivity contribution in [1.29, 1.82) is 0 Å². The zero-order valence-electron chi connectivity index (χ0n) is 19.7. The van der Waals surface area contributed by atoms with Crippen LogP contribution in [0.2, 0.25) is 0 Å². The number of rotatable bonds is 4. The molecule has 1 saturated heterocycles. The molecule has 1 aliphatic heterocycles. The van der Waals surface area contributed by atoms with Gasteiger partial charge in [0.2, 0.25) is 0 Å². The van der Waals surface area contributed by atoms with E-state index in [1.165, 1.54) is 26.7 Å². The average Bonchev–Trinajstić information content (AvgIpc) is 2.55. The average molecular weight is 425 g/mol. The van der Waals surface area contributed by atoms with Crippen LogP contribution in [0.4, 0.5) is 0 Å². The smallest absolute Gasteiger partial charge is 0.303 e. The third-order valence-electron chi connectivity index (χ3n) is 8.47. The number of hydrogen-bond acceptors (Lipinski definition) is 6. The molecule has 1 heterocycles. The monoisotopic (exact) mass is 424 g/mol. The molecule has 30 heavy (non-hydrogen) atoms. The van der Waals surface area contributed by atoms with Crippen LogP contribution >= 0.6 is 0 Å². The van der Waals surface area contributed by atoms with Crippen molar-refractivity contribution in [2.24, 2.45) is 22.7 Å². The predicted molar refractivity (Wildman–Crippen MR) is 113 cm³/mol. The van der Waals surface area contributed by atoms with Crippen molar-refractivity contribution >= 4 is 11.9 Å². The van der Waals surface area contributed by atoms with Crippen molar-refractivity contribution < 1.29 is 28.9 Å². The van der Waals surface area contributed by atoms with E-state index in [4.69, 9.17) is 14.2 Å². The fourth-order valence-corrected chi connectivity index (χ4v) is 7.54. The molecule has 6 nitrogen and oxygen atoms in total. The summed E-state index contributed by atoms with van der Waals surface area (Å²) in [6.45, 7) is 13.6. The number of fused-ring (bicyclic) bond motifs is 3. The SMILES string of the molecule is CC(=O)OCC(OC(C)=O)[C@]1(C)C[C@@H](O)[C@@H]2[C@@]3(C)CCCC(C)(C)[C@@H]3CC[C@@]2(C)O1. The summed E-state index contributed by atoms with van der Waals surface area (Å²) >= 11 is 0. The van der Waals surface area contributed by atoms with E-state index >= 15 is 0 Å². The van der Waals surface area contributed by atoms with Gasteiger partial charge in [0.1, 0.15) is 12.2 Å². The molecule has 1 unspecified atom stereocenters. The van der Waals surface area contributed by atoms with E-state index in [0.29, 0.717) is 12.3 Å². The number of aliphatic hydroxyl groups is 1. The highest BCUT2D eigenvalue weighted by atomic mass is 16.6. The van der Waals surface area contributed by atoms with E-state index in [9.17, 15) is 14.7 Å². The Bertz CT molecular complexity index is 689. The first-order valence-electron chi connectivity index (χ1n) is 11.4. The minimum absolute atomic E-state index is 0.00229. The molecule has 1 N–H and O–H groups in total. The van der Waals surface area contributed by atoms with Crippen molar-refractivity contribution in [1.82, 2.24) is 0 Å². The Labute approximate surface area is 181 Å². The quantitative estimate of drug-likeness (QED) is 0.687. The number of carbonyl (C=O) groups excluding carboxylic acids is 2. The molecule has 3 rings (SSSR count). The molecular weight excluding hydrogens is 384 g/mol. The number of carbonyl (C=O) groups is 2. The fourth-order valence-electron chi connectivity index (χ4n) is 7.54. The van der Waals surface area contributed by atoms with Gasteiger partial charge in [-0.2, -0.15) is 0 Å². The van der Waals surface area contributed by atoms with Gasteiger partial charge in [0, 0.05) is 26.2 Å². The van der Waals surface area contributed by atoms with E-state index in [1.807, 2.05) is 6.92 Å². The van der Waals surface area contributed by atoms with Crippen LogP contribution < -0.4 is 0 Å². The molecule has 0 aromatic heterocycles. The number of esters is 2. The molecule has 0 bridgehead atoms. The Morgan fingerprint density at radius 3 is 2.33 bits per heavy atom. The summed E-state index contributed by atoms with van der Waals surface area (Å²) in [5, 5.41) is 11.5. The van der Waals surface area contributed by atoms with Gasteiger partial charge in [-0.25, -0.2) is 0 Å². The summed E-state index contributed by atoms with van der Waals surface area (Å²) in [4.78, 5) is 23.1. The molecule has 0 amide bonds. The van der Waals surface area contributed by atoms with Crippen molar-refractivity contribution in [3.8, 4) is 0 Å². The molecule has 0 aromatic carbocycles. The first kappa shape index (κ1) is 23.5. The molecular formula is C24H40O6. The number of hydrogen-bond donors (Lipinski definition) is 1. The van der Waals surface area contributed by atoms with Gasteiger partial charge in [0.15, 0.2) is 6.10 Å². The van der Waals surface area contributed by atoms with Crippen LogP contribution in [0.1, 0.15) is 87.0 Å². The topological polar surface area (TPSA) is 82.1 Å². The standard InChI is InChI=1S/C24H40O6/c1-15(25)28-14-19(29-16(2)26)24(7)13-17(27)20-22(5)11-8-10-21(3,4)18(22)9-12-23(20,6)30-24/h17-20,27H,8-14H2,1-7H3/t17-,18+,19?,20-,22+,23-,24+/m1/s1. The Balaban J connectivity index is 1.92. The highest BCUT2D eigenvalue weighted by Crippen LogP contribution is 2.65. The van der Waals surface area contributed by atoms with Gasteiger partial charge in [-0.1, -0.05) is 27.2 Å². The first-order chi connectivity index (χ1) is 13.7. The number of ether oxygens (including phenoxy) is 3. The maximum atomic E-state index is 11.8. The lowest BCUT2D eigenvalue weighted by atomic mass is 9.44. The van der Waals surface area contributed by atoms with Gasteiger partial charge in [0.25, 0.3) is 0 Å². The third-order valence-corrected chi connectivity index (χ3v) is 8.47. The molecule has 7 atom stereocenters. The molecule has 0 spiro atoms. The van der Waals surface area contributed by atoms with E-state index in [2.05, 4.69) is 27.7 Å². The van der Waals surface area contributed by atoms with Crippen LogP contribution in [0.3, 0.4) is 0 Å². The minimum atomic E-state index is -0.931. The zero-order valence-corrected chi connectivity index (χ0v) is 19.7. The molecule has 3 fully saturated rings. The molecule has 172 valence electrons. The molecule has 0 aromatic rings. The Hall–Kier alpha value is -1.14. The van der Waals surface area contributed by atoms with Crippen molar-refractivity contribution in [2.75, 3.05) is 6.61 Å². The lowest BCUT2D eigenvalue weighted by Gasteiger charge is -2.66. The minimum Gasteiger partial charge on any atom is -0.462 e. The van der Waals surface area contributed by atoms with E-state index in [-0.39, 0.29) is 23.4 Å². The molecule has 0 radical (unpaired) electrons. The highest BCUT2D eigenvalue weighted by molar-refractivity contribution is 5.67. The maximum Gasteiger partial charge on any atom is 0.303 e. The number of aliphatic hydroxyl groups excluding tert-OH is 1. The maximum absolute atomic E-state index is 11.8. The van der Waals surface area contributed by atoms with Crippen LogP contribution in [-0.2, 0) is 23.8 Å². The largest absolute Gasteiger partial charge is 0.462 e. The van der Waals surface area contributed by atoms with E-state index in [1.54, 1.807) is 0 Å². The Kier molecular flexibility index (Phi) is 6.09. The van der Waals surface area contributed by atoms with Gasteiger partial charge >= 0.3 is 11.9 Å². The van der Waals surface area contributed by atoms with Crippen LogP contribution in [-0.4, -0.2) is 47.1 Å². The van der Waals surface area contributed by atoms with Gasteiger partial charge in [-0.05, 0) is 56.3 Å². The molecule has 6 heteroatoms. The fraction of sp³-hybridized carbons (Fsp3) is 0.917. The van der Waals surface area contributed by atoms with Crippen molar-refractivity contribution in [2.45, 2.75) is 110 Å². The van der Waals surface area contributed by atoms with Gasteiger partial charge in [0.05, 0.1) is 11.7 Å². The molecule has 2 saturated carbocycles. The van der Waals surface area contributed by atoms with Crippen LogP contribution in [0, 0.1) is 22.7 Å². The molecule has 3 aliphatic rings. The van der Waals surface area contributed by atoms with Gasteiger partial charge in [-0.3, -0.25) is 9.59 Å². The summed E-state index contributed by atoms with van der Waals surface area (Å²) < 4.78 is 17.5. The Morgan fingerprint density at radius 2 is 1.73 bits per heavy atom. The van der Waals surface area contributed by atoms with Crippen molar-refractivity contribution in [3.63, 3.8) is 0 Å². The summed E-state index contributed by atoms with van der Waals surface area (Å²) in [6.07, 6.45) is 4.40. The predicted octanol–water partition coefficient (Wildman–Crippen LogP) is 4.02. The summed E-state index contributed by atoms with van der Waals surface area (Å²) in [7, 11) is 0. The second-order valence-electron chi connectivity index (χ2n) is 11.3. The van der Waals surface area contributed by atoms with Crippen LogP contribution in [0.15, 0.2) is 0 Å². The normalized spacial score (nSPS) is 43.7. The summed E-state index contributed by atoms with van der Waals surface area (Å²) in [5.74, 6) is -0.329. The van der Waals surface area contributed by atoms with E-state index < -0.39 is 35.3 Å². The Morgan fingerprint density at radius 1 is 1.07 bits per heavy atom. The van der Waals surface area contributed by atoms with Gasteiger partial charge < -0.3 is 19.3 Å².